The van der Waals surface area contributed by atoms with E-state index in [1.807, 2.05) is 13.8 Å². The van der Waals surface area contributed by atoms with E-state index in [1.165, 1.54) is 29.8 Å². The lowest BCUT2D eigenvalue weighted by atomic mass is 10.1. The van der Waals surface area contributed by atoms with Gasteiger partial charge in [-0.2, -0.15) is 0 Å². The molecule has 1 aromatic carbocycles. The Bertz CT molecular complexity index is 399. The second-order valence-electron chi connectivity index (χ2n) is 4.51. The quantitative estimate of drug-likeness (QED) is 0.809. The first kappa shape index (κ1) is 12.6. The molecule has 1 heterocycles. The van der Waals surface area contributed by atoms with Crippen LogP contribution in [0.15, 0.2) is 12.1 Å². The van der Waals surface area contributed by atoms with Gasteiger partial charge in [0.2, 0.25) is 0 Å². The molecule has 2 nitrogen and oxygen atoms in total. The van der Waals surface area contributed by atoms with Crippen LogP contribution < -0.4 is 10.2 Å². The summed E-state index contributed by atoms with van der Waals surface area (Å²) in [6.45, 7) is 6.07. The van der Waals surface area contributed by atoms with Gasteiger partial charge in [0.25, 0.3) is 0 Å². The van der Waals surface area contributed by atoms with Crippen molar-refractivity contribution < 1.29 is 0 Å². The van der Waals surface area contributed by atoms with Crippen molar-refractivity contribution >= 4 is 23.0 Å². The molecule has 2 aliphatic rings. The largest absolute Gasteiger partial charge is 0.382 e. The van der Waals surface area contributed by atoms with E-state index in [0.29, 0.717) is 0 Å². The zero-order chi connectivity index (χ0) is 12.4. The van der Waals surface area contributed by atoms with Crippen LogP contribution in [0.5, 0.6) is 0 Å². The predicted octanol–water partition coefficient (Wildman–Crippen LogP) is 4.11. The van der Waals surface area contributed by atoms with Gasteiger partial charge in [-0.15, -0.1) is 0 Å². The van der Waals surface area contributed by atoms with Gasteiger partial charge in [0.1, 0.15) is 0 Å². The highest BCUT2D eigenvalue weighted by Gasteiger charge is 2.27. The van der Waals surface area contributed by atoms with Gasteiger partial charge in [0.05, 0.1) is 11.4 Å². The van der Waals surface area contributed by atoms with E-state index < -0.39 is 0 Å². The lowest BCUT2D eigenvalue weighted by molar-refractivity contribution is 0.884. The van der Waals surface area contributed by atoms with Crippen molar-refractivity contribution in [1.82, 2.24) is 0 Å². The zero-order valence-corrected chi connectivity index (χ0v) is 11.6. The monoisotopic (exact) mass is 252 g/mol. The molecule has 1 aliphatic heterocycles. The number of anilines is 2. The number of rotatable bonds is 1. The summed E-state index contributed by atoms with van der Waals surface area (Å²) in [7, 11) is 2.14. The molecule has 0 atom stereocenters. The molecule has 0 radical (unpaired) electrons. The van der Waals surface area contributed by atoms with E-state index >= 15 is 0 Å². The minimum atomic E-state index is 0.720. The fourth-order valence-electron chi connectivity index (χ4n) is 2.22. The van der Waals surface area contributed by atoms with Crippen LogP contribution in [0.25, 0.3) is 0 Å². The topological polar surface area (TPSA) is 15.3 Å². The third kappa shape index (κ3) is 2.52. The van der Waals surface area contributed by atoms with Crippen LogP contribution in [-0.2, 0) is 0 Å². The molecule has 3 heteroatoms. The van der Waals surface area contributed by atoms with E-state index in [9.17, 15) is 0 Å². The van der Waals surface area contributed by atoms with Gasteiger partial charge in [-0.3, -0.25) is 0 Å². The number of halogens is 1. The first-order chi connectivity index (χ1) is 8.25. The lowest BCUT2D eigenvalue weighted by Gasteiger charge is -2.29. The molecule has 0 aromatic heterocycles. The zero-order valence-electron chi connectivity index (χ0n) is 10.9. The van der Waals surface area contributed by atoms with E-state index in [0.717, 1.165) is 24.0 Å². The highest BCUT2D eigenvalue weighted by molar-refractivity contribution is 6.32. The maximum atomic E-state index is 6.29. The normalized spacial score (nSPS) is 17.8. The molecule has 1 aromatic rings. The van der Waals surface area contributed by atoms with Crippen LogP contribution in [0, 0.1) is 0 Å². The Balaban J connectivity index is 0.000000514. The van der Waals surface area contributed by atoms with Gasteiger partial charge < -0.3 is 10.2 Å². The third-order valence-corrected chi connectivity index (χ3v) is 3.63. The smallest absolute Gasteiger partial charge is 0.0603 e. The molecule has 0 spiro atoms. The van der Waals surface area contributed by atoms with Crippen molar-refractivity contribution in [3.05, 3.63) is 22.7 Å². The molecule has 1 saturated carbocycles. The fraction of sp³-hybridized carbons (Fsp3) is 0.571. The Morgan fingerprint density at radius 3 is 2.65 bits per heavy atom. The molecule has 17 heavy (non-hydrogen) atoms. The van der Waals surface area contributed by atoms with Crippen LogP contribution in [0.1, 0.15) is 38.2 Å². The fourth-order valence-corrected chi connectivity index (χ4v) is 2.54. The molecular weight excluding hydrogens is 232 g/mol. The van der Waals surface area contributed by atoms with Gasteiger partial charge in [0, 0.05) is 25.2 Å². The van der Waals surface area contributed by atoms with E-state index in [4.69, 9.17) is 11.6 Å². The van der Waals surface area contributed by atoms with Gasteiger partial charge in [0.15, 0.2) is 0 Å². The van der Waals surface area contributed by atoms with Crippen LogP contribution in [0.2, 0.25) is 5.02 Å². The van der Waals surface area contributed by atoms with Crippen molar-refractivity contribution in [2.24, 2.45) is 0 Å². The standard InChI is InChI=1S/C12H15ClN2.C2H6/c1-15-5-4-14-11-7-10(13)9(6-12(11)15)8-2-3-8;1-2/h6-8,14H,2-5H2,1H3;1-2H3. The van der Waals surface area contributed by atoms with Gasteiger partial charge in [-0.25, -0.2) is 0 Å². The summed E-state index contributed by atoms with van der Waals surface area (Å²) >= 11 is 6.29. The summed E-state index contributed by atoms with van der Waals surface area (Å²) in [6.07, 6.45) is 2.60. The first-order valence-corrected chi connectivity index (χ1v) is 6.92. The average molecular weight is 253 g/mol. The van der Waals surface area contributed by atoms with Gasteiger partial charge in [-0.05, 0) is 36.5 Å². The minimum absolute atomic E-state index is 0.720. The summed E-state index contributed by atoms with van der Waals surface area (Å²) in [5.41, 5.74) is 3.82. The molecule has 0 unspecified atom stereocenters. The third-order valence-electron chi connectivity index (χ3n) is 3.31. The van der Waals surface area contributed by atoms with Crippen molar-refractivity contribution in [3.8, 4) is 0 Å². The Morgan fingerprint density at radius 2 is 2.00 bits per heavy atom. The van der Waals surface area contributed by atoms with E-state index in [2.05, 4.69) is 29.4 Å². The highest BCUT2D eigenvalue weighted by Crippen LogP contribution is 2.46. The second kappa shape index (κ2) is 5.18. The van der Waals surface area contributed by atoms with Gasteiger partial charge >= 0.3 is 0 Å². The molecule has 0 saturated heterocycles. The van der Waals surface area contributed by atoms with E-state index in [1.54, 1.807) is 0 Å². The summed E-state index contributed by atoms with van der Waals surface area (Å²) in [4.78, 5) is 2.30. The Hall–Kier alpha value is -0.890. The number of nitrogens with one attached hydrogen (secondary N) is 1. The lowest BCUT2D eigenvalue weighted by Crippen LogP contribution is -2.30. The summed E-state index contributed by atoms with van der Waals surface area (Å²) < 4.78 is 0. The molecule has 1 aliphatic carbocycles. The van der Waals surface area contributed by atoms with Crippen molar-refractivity contribution in [3.63, 3.8) is 0 Å². The average Bonchev–Trinajstić information content (AvgIpc) is 3.15. The Labute approximate surface area is 109 Å². The van der Waals surface area contributed by atoms with E-state index in [-0.39, 0.29) is 0 Å². The SMILES string of the molecule is CC.CN1CCNc2cc(Cl)c(C3CC3)cc21. The summed E-state index contributed by atoms with van der Waals surface area (Å²) in [5.74, 6) is 0.720. The second-order valence-corrected chi connectivity index (χ2v) is 4.92. The molecule has 1 N–H and O–H groups in total. The Morgan fingerprint density at radius 1 is 1.29 bits per heavy atom. The van der Waals surface area contributed by atoms with Crippen LogP contribution in [0.4, 0.5) is 11.4 Å². The molecule has 94 valence electrons. The minimum Gasteiger partial charge on any atom is -0.382 e. The number of hydrogen-bond donors (Lipinski definition) is 1. The first-order valence-electron chi connectivity index (χ1n) is 6.54. The molecular formula is C14H21ClN2. The number of benzene rings is 1. The van der Waals surface area contributed by atoms with Crippen LogP contribution in [0.3, 0.4) is 0 Å². The van der Waals surface area contributed by atoms with Gasteiger partial charge in [-0.1, -0.05) is 25.4 Å². The number of likely N-dealkylation sites (N-methyl/N-ethyl adjacent to an activating group) is 1. The van der Waals surface area contributed by atoms with Crippen LogP contribution >= 0.6 is 11.6 Å². The predicted molar refractivity (Wildman–Crippen MR) is 76.5 cm³/mol. The maximum Gasteiger partial charge on any atom is 0.0603 e. The summed E-state index contributed by atoms with van der Waals surface area (Å²) in [5, 5.41) is 4.32. The number of nitrogens with zero attached hydrogens (tertiary/aromatic N) is 1. The number of fused-ring (bicyclic) bond motifs is 1. The highest BCUT2D eigenvalue weighted by atomic mass is 35.5. The molecule has 0 bridgehead atoms. The molecule has 3 rings (SSSR count). The van der Waals surface area contributed by atoms with Crippen molar-refractivity contribution in [1.29, 1.82) is 0 Å². The number of hydrogen-bond acceptors (Lipinski definition) is 2. The van der Waals surface area contributed by atoms with Crippen molar-refractivity contribution in [2.75, 3.05) is 30.4 Å². The van der Waals surface area contributed by atoms with Crippen LogP contribution in [-0.4, -0.2) is 20.1 Å². The molecule has 0 amide bonds. The summed E-state index contributed by atoms with van der Waals surface area (Å²) in [6, 6.07) is 4.35. The maximum absolute atomic E-state index is 6.29. The Kier molecular flexibility index (Phi) is 3.82. The molecule has 1 fully saturated rings. The van der Waals surface area contributed by atoms with Crippen molar-refractivity contribution in [2.45, 2.75) is 32.6 Å².